The number of benzene rings is 2. The van der Waals surface area contributed by atoms with Crippen LogP contribution < -0.4 is 15.5 Å². The number of rotatable bonds is 6. The Balaban J connectivity index is 0.00000363. The SMILES string of the molecule is CCCNC(=O)c1cccc(CNC(=NC)N2CCN(c3cc(F)ccc3F)CC2)c1.I. The molecule has 0 atom stereocenters. The van der Waals surface area contributed by atoms with Crippen LogP contribution >= 0.6 is 24.0 Å². The molecular formula is C23H30F2IN5O. The molecule has 0 aromatic heterocycles. The van der Waals surface area contributed by atoms with Gasteiger partial charge in [-0.3, -0.25) is 9.79 Å². The number of piperazine rings is 1. The molecule has 1 aliphatic heterocycles. The fourth-order valence-corrected chi connectivity index (χ4v) is 3.56. The Labute approximate surface area is 205 Å². The zero-order chi connectivity index (χ0) is 22.2. The van der Waals surface area contributed by atoms with E-state index in [0.29, 0.717) is 50.5 Å². The molecule has 0 radical (unpaired) electrons. The van der Waals surface area contributed by atoms with Gasteiger partial charge >= 0.3 is 0 Å². The topological polar surface area (TPSA) is 60.0 Å². The molecule has 0 bridgehead atoms. The van der Waals surface area contributed by atoms with E-state index in [0.717, 1.165) is 30.1 Å². The van der Waals surface area contributed by atoms with Crippen LogP contribution in [0.5, 0.6) is 0 Å². The van der Waals surface area contributed by atoms with Crippen molar-refractivity contribution in [1.82, 2.24) is 15.5 Å². The lowest BCUT2D eigenvalue weighted by molar-refractivity contribution is 0.0953. The Hall–Kier alpha value is -2.43. The Bertz CT molecular complexity index is 932. The van der Waals surface area contributed by atoms with Gasteiger partial charge in [0, 0.05) is 57.9 Å². The summed E-state index contributed by atoms with van der Waals surface area (Å²) >= 11 is 0. The molecular weight excluding hydrogens is 527 g/mol. The second-order valence-electron chi connectivity index (χ2n) is 7.43. The van der Waals surface area contributed by atoms with Gasteiger partial charge in [0.2, 0.25) is 0 Å². The van der Waals surface area contributed by atoms with Crippen molar-refractivity contribution < 1.29 is 13.6 Å². The number of hydrogen-bond donors (Lipinski definition) is 2. The summed E-state index contributed by atoms with van der Waals surface area (Å²) < 4.78 is 27.6. The largest absolute Gasteiger partial charge is 0.366 e. The molecule has 0 aliphatic carbocycles. The second kappa shape index (κ2) is 12.6. The quantitative estimate of drug-likeness (QED) is 0.324. The summed E-state index contributed by atoms with van der Waals surface area (Å²) in [5.74, 6) is -0.198. The lowest BCUT2D eigenvalue weighted by Gasteiger charge is -2.37. The molecule has 2 aromatic rings. The minimum Gasteiger partial charge on any atom is -0.366 e. The normalized spacial score (nSPS) is 14.1. The zero-order valence-corrected chi connectivity index (χ0v) is 20.7. The van der Waals surface area contributed by atoms with Gasteiger partial charge in [-0.05, 0) is 36.2 Å². The number of anilines is 1. The third-order valence-corrected chi connectivity index (χ3v) is 5.22. The van der Waals surface area contributed by atoms with Gasteiger partial charge in [0.25, 0.3) is 5.91 Å². The molecule has 174 valence electrons. The van der Waals surface area contributed by atoms with Crippen molar-refractivity contribution in [2.45, 2.75) is 19.9 Å². The van der Waals surface area contributed by atoms with Crippen molar-refractivity contribution in [3.63, 3.8) is 0 Å². The third-order valence-electron chi connectivity index (χ3n) is 5.22. The number of hydrogen-bond acceptors (Lipinski definition) is 3. The van der Waals surface area contributed by atoms with Crippen LogP contribution in [0.15, 0.2) is 47.5 Å². The number of aliphatic imine (C=N–C) groups is 1. The summed E-state index contributed by atoms with van der Waals surface area (Å²) in [5.41, 5.74) is 1.90. The molecule has 6 nitrogen and oxygen atoms in total. The summed E-state index contributed by atoms with van der Waals surface area (Å²) in [6, 6.07) is 11.0. The standard InChI is InChI=1S/C23H29F2N5O.HI/c1-3-9-27-22(31)18-6-4-5-17(14-18)16-28-23(26-2)30-12-10-29(11-13-30)21-15-19(24)7-8-20(21)25;/h4-8,14-15H,3,9-13,16H2,1-2H3,(H,26,28)(H,27,31);1H. The predicted molar refractivity (Wildman–Crippen MR) is 135 cm³/mol. The first kappa shape index (κ1) is 25.8. The number of carbonyl (C=O) groups is 1. The van der Waals surface area contributed by atoms with Gasteiger partial charge in [-0.1, -0.05) is 19.1 Å². The number of nitrogens with zero attached hydrogens (tertiary/aromatic N) is 3. The van der Waals surface area contributed by atoms with Gasteiger partial charge in [0.1, 0.15) is 11.6 Å². The van der Waals surface area contributed by atoms with Crippen molar-refractivity contribution in [2.75, 3.05) is 44.7 Å². The van der Waals surface area contributed by atoms with E-state index in [-0.39, 0.29) is 29.9 Å². The van der Waals surface area contributed by atoms with E-state index in [9.17, 15) is 13.6 Å². The van der Waals surface area contributed by atoms with Crippen LogP contribution in [0.4, 0.5) is 14.5 Å². The molecule has 1 aliphatic rings. The Kier molecular flexibility index (Phi) is 10.1. The van der Waals surface area contributed by atoms with Crippen LogP contribution in [0.25, 0.3) is 0 Å². The lowest BCUT2D eigenvalue weighted by atomic mass is 10.1. The minimum absolute atomic E-state index is 0. The second-order valence-corrected chi connectivity index (χ2v) is 7.43. The van der Waals surface area contributed by atoms with Gasteiger partial charge in [0.05, 0.1) is 5.69 Å². The zero-order valence-electron chi connectivity index (χ0n) is 18.4. The smallest absolute Gasteiger partial charge is 0.251 e. The van der Waals surface area contributed by atoms with Gasteiger partial charge in [0.15, 0.2) is 5.96 Å². The average Bonchev–Trinajstić information content (AvgIpc) is 2.80. The van der Waals surface area contributed by atoms with Crippen LogP contribution in [-0.4, -0.2) is 56.5 Å². The highest BCUT2D eigenvalue weighted by Gasteiger charge is 2.22. The third kappa shape index (κ3) is 6.78. The molecule has 1 fully saturated rings. The van der Waals surface area contributed by atoms with E-state index in [1.807, 2.05) is 30.0 Å². The van der Waals surface area contributed by atoms with Crippen molar-refractivity contribution in [3.05, 3.63) is 65.2 Å². The first-order chi connectivity index (χ1) is 15.0. The highest BCUT2D eigenvalue weighted by atomic mass is 127. The van der Waals surface area contributed by atoms with Crippen LogP contribution in [0, 0.1) is 11.6 Å². The van der Waals surface area contributed by atoms with Crippen LogP contribution in [0.3, 0.4) is 0 Å². The molecule has 1 saturated heterocycles. The van der Waals surface area contributed by atoms with Gasteiger partial charge in [-0.2, -0.15) is 0 Å². The number of carbonyl (C=O) groups excluding carboxylic acids is 1. The maximum Gasteiger partial charge on any atom is 0.251 e. The summed E-state index contributed by atoms with van der Waals surface area (Å²) in [4.78, 5) is 20.5. The molecule has 32 heavy (non-hydrogen) atoms. The van der Waals surface area contributed by atoms with E-state index in [1.165, 1.54) is 6.07 Å². The minimum atomic E-state index is -0.443. The monoisotopic (exact) mass is 557 g/mol. The highest BCUT2D eigenvalue weighted by molar-refractivity contribution is 14.0. The van der Waals surface area contributed by atoms with Crippen LogP contribution in [0.1, 0.15) is 29.3 Å². The van der Waals surface area contributed by atoms with Crippen molar-refractivity contribution in [3.8, 4) is 0 Å². The summed E-state index contributed by atoms with van der Waals surface area (Å²) in [5, 5.41) is 6.21. The molecule has 0 spiro atoms. The first-order valence-electron chi connectivity index (χ1n) is 10.5. The Morgan fingerprint density at radius 2 is 1.81 bits per heavy atom. The number of guanidine groups is 1. The maximum atomic E-state index is 14.1. The van der Waals surface area contributed by atoms with Crippen molar-refractivity contribution >= 4 is 41.5 Å². The number of amides is 1. The van der Waals surface area contributed by atoms with Crippen LogP contribution in [0.2, 0.25) is 0 Å². The highest BCUT2D eigenvalue weighted by Crippen LogP contribution is 2.22. The Morgan fingerprint density at radius 1 is 1.06 bits per heavy atom. The van der Waals surface area contributed by atoms with E-state index in [2.05, 4.69) is 20.5 Å². The molecule has 2 N–H and O–H groups in total. The first-order valence-corrected chi connectivity index (χ1v) is 10.5. The van der Waals surface area contributed by atoms with Crippen LogP contribution in [-0.2, 0) is 6.54 Å². The molecule has 1 heterocycles. The van der Waals surface area contributed by atoms with Crippen molar-refractivity contribution in [2.24, 2.45) is 4.99 Å². The average molecular weight is 557 g/mol. The van der Waals surface area contributed by atoms with Gasteiger partial charge in [-0.25, -0.2) is 8.78 Å². The van der Waals surface area contributed by atoms with E-state index in [4.69, 9.17) is 0 Å². The van der Waals surface area contributed by atoms with E-state index >= 15 is 0 Å². The summed E-state index contributed by atoms with van der Waals surface area (Å²) in [7, 11) is 1.72. The van der Waals surface area contributed by atoms with Crippen molar-refractivity contribution in [1.29, 1.82) is 0 Å². The number of nitrogens with one attached hydrogen (secondary N) is 2. The fraction of sp³-hybridized carbons (Fsp3) is 0.391. The summed E-state index contributed by atoms with van der Waals surface area (Å²) in [6.45, 7) is 5.59. The fourth-order valence-electron chi connectivity index (χ4n) is 3.56. The summed E-state index contributed by atoms with van der Waals surface area (Å²) in [6.07, 6.45) is 0.891. The number of halogens is 3. The molecule has 9 heteroatoms. The molecule has 2 aromatic carbocycles. The molecule has 0 unspecified atom stereocenters. The van der Waals surface area contributed by atoms with E-state index in [1.54, 1.807) is 13.1 Å². The molecule has 0 saturated carbocycles. The maximum absolute atomic E-state index is 14.1. The predicted octanol–water partition coefficient (Wildman–Crippen LogP) is 3.62. The van der Waals surface area contributed by atoms with E-state index < -0.39 is 11.6 Å². The lowest BCUT2D eigenvalue weighted by Crippen LogP contribution is -2.52. The van der Waals surface area contributed by atoms with Gasteiger partial charge in [-0.15, -0.1) is 24.0 Å². The Morgan fingerprint density at radius 3 is 2.50 bits per heavy atom. The molecule has 3 rings (SSSR count). The molecule has 1 amide bonds. The van der Waals surface area contributed by atoms with Gasteiger partial charge < -0.3 is 20.4 Å².